The van der Waals surface area contributed by atoms with Crippen LogP contribution in [0.4, 0.5) is 0 Å². The molecule has 0 fully saturated rings. The van der Waals surface area contributed by atoms with Gasteiger partial charge in [-0.2, -0.15) is 11.8 Å². The van der Waals surface area contributed by atoms with Gasteiger partial charge in [-0.3, -0.25) is 0 Å². The summed E-state index contributed by atoms with van der Waals surface area (Å²) in [5.41, 5.74) is 5.02. The molecular weight excluding hydrogens is 188 g/mol. The third-order valence-corrected chi connectivity index (χ3v) is 3.55. The van der Waals surface area contributed by atoms with Crippen LogP contribution in [-0.2, 0) is 17.9 Å². The van der Waals surface area contributed by atoms with Crippen molar-refractivity contribution in [3.05, 3.63) is 34.9 Å². The van der Waals surface area contributed by atoms with Crippen molar-refractivity contribution in [3.63, 3.8) is 0 Å². The van der Waals surface area contributed by atoms with Gasteiger partial charge in [0.1, 0.15) is 0 Å². The smallest absolute Gasteiger partial charge is 0.0191 e. The molecule has 76 valence electrons. The molecule has 14 heavy (non-hydrogen) atoms. The highest BCUT2D eigenvalue weighted by molar-refractivity contribution is 7.98. The summed E-state index contributed by atoms with van der Waals surface area (Å²) >= 11 is 2.03. The predicted molar refractivity (Wildman–Crippen MR) is 64.6 cm³/mol. The second kappa shape index (κ2) is 3.62. The van der Waals surface area contributed by atoms with Gasteiger partial charge >= 0.3 is 0 Å². The Labute approximate surface area is 91.1 Å². The molecule has 0 bridgehead atoms. The zero-order chi connectivity index (χ0) is 10.2. The summed E-state index contributed by atoms with van der Waals surface area (Å²) in [7, 11) is 0. The lowest BCUT2D eigenvalue weighted by molar-refractivity contribution is 0.411. The molecule has 1 aliphatic heterocycles. The molecule has 0 nitrogen and oxygen atoms in total. The molecule has 0 spiro atoms. The van der Waals surface area contributed by atoms with Crippen LogP contribution >= 0.6 is 11.8 Å². The fourth-order valence-electron chi connectivity index (χ4n) is 1.95. The fraction of sp³-hybridized carbons (Fsp3) is 0.538. The minimum atomic E-state index is 0.403. The van der Waals surface area contributed by atoms with Gasteiger partial charge in [-0.1, -0.05) is 39.0 Å². The number of hydrogen-bond donors (Lipinski definition) is 0. The van der Waals surface area contributed by atoms with Gasteiger partial charge in [-0.15, -0.1) is 0 Å². The maximum atomic E-state index is 2.40. The molecule has 1 aliphatic rings. The molecule has 0 saturated heterocycles. The van der Waals surface area contributed by atoms with Gasteiger partial charge in [0.15, 0.2) is 0 Å². The molecule has 1 heteroatoms. The van der Waals surface area contributed by atoms with Crippen molar-refractivity contribution in [1.29, 1.82) is 0 Å². The molecule has 2 rings (SSSR count). The summed E-state index contributed by atoms with van der Waals surface area (Å²) in [4.78, 5) is 0. The molecule has 0 aliphatic carbocycles. The molecule has 0 N–H and O–H groups in total. The third-order valence-electron chi connectivity index (χ3n) is 2.52. The Morgan fingerprint density at radius 1 is 1.14 bits per heavy atom. The summed E-state index contributed by atoms with van der Waals surface area (Å²) in [6.45, 7) is 6.90. The van der Waals surface area contributed by atoms with Crippen molar-refractivity contribution >= 4 is 11.8 Å². The average Bonchev–Trinajstić information content (AvgIpc) is 2.47. The normalized spacial score (nSPS) is 15.6. The highest BCUT2D eigenvalue weighted by Crippen LogP contribution is 2.31. The zero-order valence-electron chi connectivity index (χ0n) is 9.26. The van der Waals surface area contributed by atoms with Crippen LogP contribution in [0.25, 0.3) is 0 Å². The Bertz CT molecular complexity index is 334. The largest absolute Gasteiger partial charge is 0.152 e. The van der Waals surface area contributed by atoms with Crippen LogP contribution < -0.4 is 0 Å². The molecule has 0 aromatic heterocycles. The Hall–Kier alpha value is -0.430. The molecule has 1 heterocycles. The SMILES string of the molecule is CC(C)(C)Cc1ccc2c(c1)CSC2. The van der Waals surface area contributed by atoms with Crippen molar-refractivity contribution in [2.45, 2.75) is 38.7 Å². The first-order valence-electron chi connectivity index (χ1n) is 5.23. The topological polar surface area (TPSA) is 0 Å². The second-order valence-electron chi connectivity index (χ2n) is 5.33. The van der Waals surface area contributed by atoms with Crippen LogP contribution in [0.5, 0.6) is 0 Å². The van der Waals surface area contributed by atoms with Crippen LogP contribution in [0.1, 0.15) is 37.5 Å². The minimum absolute atomic E-state index is 0.403. The Morgan fingerprint density at radius 3 is 2.57 bits per heavy atom. The first-order valence-corrected chi connectivity index (χ1v) is 6.38. The Kier molecular flexibility index (Phi) is 2.61. The summed E-state index contributed by atoms with van der Waals surface area (Å²) in [6, 6.07) is 7.02. The van der Waals surface area contributed by atoms with Crippen molar-refractivity contribution in [2.24, 2.45) is 5.41 Å². The van der Waals surface area contributed by atoms with Crippen molar-refractivity contribution in [3.8, 4) is 0 Å². The molecule has 0 saturated carbocycles. The quantitative estimate of drug-likeness (QED) is 0.668. The van der Waals surface area contributed by atoms with E-state index >= 15 is 0 Å². The van der Waals surface area contributed by atoms with Crippen molar-refractivity contribution < 1.29 is 0 Å². The highest BCUT2D eigenvalue weighted by Gasteiger charge is 2.15. The average molecular weight is 206 g/mol. The van der Waals surface area contributed by atoms with E-state index < -0.39 is 0 Å². The van der Waals surface area contributed by atoms with Gasteiger partial charge in [0, 0.05) is 11.5 Å². The van der Waals surface area contributed by atoms with E-state index in [4.69, 9.17) is 0 Å². The summed E-state index contributed by atoms with van der Waals surface area (Å²) in [6.07, 6.45) is 1.19. The Balaban J connectivity index is 2.21. The van der Waals surface area contributed by atoms with Crippen LogP contribution in [-0.4, -0.2) is 0 Å². The van der Waals surface area contributed by atoms with Gasteiger partial charge < -0.3 is 0 Å². The molecule has 0 amide bonds. The molecule has 1 aromatic carbocycles. The zero-order valence-corrected chi connectivity index (χ0v) is 10.1. The minimum Gasteiger partial charge on any atom is -0.152 e. The standard InChI is InChI=1S/C13H18S/c1-13(2,3)7-10-4-5-11-8-14-9-12(11)6-10/h4-6H,7-9H2,1-3H3. The number of thioether (sulfide) groups is 1. The van der Waals surface area contributed by atoms with Crippen LogP contribution in [0.2, 0.25) is 0 Å². The van der Waals surface area contributed by atoms with E-state index in [1.165, 1.54) is 23.5 Å². The summed E-state index contributed by atoms with van der Waals surface area (Å²) < 4.78 is 0. The third kappa shape index (κ3) is 2.33. The van der Waals surface area contributed by atoms with E-state index in [1.807, 2.05) is 11.8 Å². The first-order chi connectivity index (χ1) is 6.54. The molecular formula is C13H18S. The van der Waals surface area contributed by atoms with E-state index in [0.717, 1.165) is 0 Å². The fourth-order valence-corrected chi connectivity index (χ4v) is 3.04. The van der Waals surface area contributed by atoms with Gasteiger partial charge in [0.25, 0.3) is 0 Å². The van der Waals surface area contributed by atoms with Crippen molar-refractivity contribution in [2.75, 3.05) is 0 Å². The predicted octanol–water partition coefficient (Wildman–Crippen LogP) is 4.02. The van der Waals surface area contributed by atoms with Gasteiger partial charge in [0.05, 0.1) is 0 Å². The van der Waals surface area contributed by atoms with E-state index in [2.05, 4.69) is 39.0 Å². The van der Waals surface area contributed by atoms with Crippen LogP contribution in [0.3, 0.4) is 0 Å². The van der Waals surface area contributed by atoms with Gasteiger partial charge in [-0.25, -0.2) is 0 Å². The van der Waals surface area contributed by atoms with Crippen LogP contribution in [0, 0.1) is 5.41 Å². The van der Waals surface area contributed by atoms with Crippen molar-refractivity contribution in [1.82, 2.24) is 0 Å². The molecule has 0 unspecified atom stereocenters. The maximum Gasteiger partial charge on any atom is 0.0191 e. The lowest BCUT2D eigenvalue weighted by Crippen LogP contribution is -2.09. The maximum absolute atomic E-state index is 2.40. The van der Waals surface area contributed by atoms with E-state index in [0.29, 0.717) is 5.41 Å². The van der Waals surface area contributed by atoms with Crippen LogP contribution in [0.15, 0.2) is 18.2 Å². The van der Waals surface area contributed by atoms with Gasteiger partial charge in [0.2, 0.25) is 0 Å². The Morgan fingerprint density at radius 2 is 1.86 bits per heavy atom. The number of hydrogen-bond acceptors (Lipinski definition) is 1. The monoisotopic (exact) mass is 206 g/mol. The number of benzene rings is 1. The number of fused-ring (bicyclic) bond motifs is 1. The lowest BCUT2D eigenvalue weighted by Gasteiger charge is -2.18. The van der Waals surface area contributed by atoms with E-state index in [-0.39, 0.29) is 0 Å². The van der Waals surface area contributed by atoms with E-state index in [9.17, 15) is 0 Å². The van der Waals surface area contributed by atoms with Gasteiger partial charge in [-0.05, 0) is 28.5 Å². The summed E-state index contributed by atoms with van der Waals surface area (Å²) in [5, 5.41) is 0. The lowest BCUT2D eigenvalue weighted by atomic mass is 9.87. The van der Waals surface area contributed by atoms with E-state index in [1.54, 1.807) is 11.1 Å². The highest BCUT2D eigenvalue weighted by atomic mass is 32.2. The molecule has 1 aromatic rings. The number of rotatable bonds is 1. The molecule has 0 radical (unpaired) electrons. The summed E-state index contributed by atoms with van der Waals surface area (Å²) in [5.74, 6) is 2.43. The molecule has 0 atom stereocenters. The second-order valence-corrected chi connectivity index (χ2v) is 6.32. The first kappa shape index (κ1) is 10.1.